The van der Waals surface area contributed by atoms with Gasteiger partial charge in [0.05, 0.1) is 11.7 Å². The molecule has 0 bridgehead atoms. The molecule has 3 nitrogen and oxygen atoms in total. The molecule has 0 heterocycles. The van der Waals surface area contributed by atoms with E-state index in [4.69, 9.17) is 7.85 Å². The van der Waals surface area contributed by atoms with Crippen molar-refractivity contribution in [1.29, 1.82) is 0 Å². The van der Waals surface area contributed by atoms with E-state index < -0.39 is 0 Å². The second-order valence-corrected chi connectivity index (χ2v) is 2.84. The van der Waals surface area contributed by atoms with Gasteiger partial charge in [0.25, 0.3) is 0 Å². The molecule has 12 heavy (non-hydrogen) atoms. The molecular weight excluding hydrogens is 151 g/mol. The van der Waals surface area contributed by atoms with Gasteiger partial charge in [-0.05, 0) is 33.5 Å². The zero-order valence-electron chi connectivity index (χ0n) is 7.89. The van der Waals surface area contributed by atoms with Crippen LogP contribution in [0.15, 0.2) is 0 Å². The Morgan fingerprint density at radius 2 is 2.08 bits per heavy atom. The van der Waals surface area contributed by atoms with Crippen molar-refractivity contribution in [2.75, 3.05) is 20.6 Å². The maximum atomic E-state index is 10.7. The molecule has 2 radical (unpaired) electrons. The van der Waals surface area contributed by atoms with Crippen LogP contribution in [0.2, 0.25) is 0 Å². The number of unbranched alkanes of at least 4 members (excludes halogenated alkanes) is 1. The Kier molecular flexibility index (Phi) is 7.10. The molecule has 0 fully saturated rings. The zero-order valence-corrected chi connectivity index (χ0v) is 7.89. The number of hydrogen-bond donors (Lipinski definition) is 2. The van der Waals surface area contributed by atoms with Gasteiger partial charge in [-0.1, -0.05) is 6.42 Å². The highest BCUT2D eigenvalue weighted by Crippen LogP contribution is 1.99. The number of carbonyl (C=O) groups is 1. The van der Waals surface area contributed by atoms with Crippen LogP contribution in [-0.2, 0) is 4.79 Å². The molecule has 0 aromatic heterocycles. The first-order valence-electron chi connectivity index (χ1n) is 4.33. The lowest BCUT2D eigenvalue weighted by molar-refractivity contribution is -0.113. The van der Waals surface area contributed by atoms with Crippen molar-refractivity contribution in [2.45, 2.75) is 25.3 Å². The van der Waals surface area contributed by atoms with E-state index in [0.29, 0.717) is 0 Å². The summed E-state index contributed by atoms with van der Waals surface area (Å²) in [6.45, 7) is 0.995. The Bertz CT molecular complexity index is 130. The normalized spacial score (nSPS) is 12.8. The minimum absolute atomic E-state index is 0.165. The van der Waals surface area contributed by atoms with Crippen molar-refractivity contribution in [1.82, 2.24) is 10.6 Å². The minimum Gasteiger partial charge on any atom is -0.320 e. The first-order chi connectivity index (χ1) is 5.72. The minimum atomic E-state index is -0.262. The standard InChI is InChI=1S/C8H17BN2O/c1-10-6-4-3-5-7(11-2)8(9)12/h7,10-11H,3-6H2,1-2H3/t7-/m0/s1. The van der Waals surface area contributed by atoms with Gasteiger partial charge in [0, 0.05) is 0 Å². The zero-order chi connectivity index (χ0) is 9.40. The van der Waals surface area contributed by atoms with Crippen molar-refractivity contribution in [2.24, 2.45) is 0 Å². The lowest BCUT2D eigenvalue weighted by Gasteiger charge is -2.12. The second kappa shape index (κ2) is 7.31. The van der Waals surface area contributed by atoms with E-state index in [2.05, 4.69) is 10.6 Å². The summed E-state index contributed by atoms with van der Waals surface area (Å²) in [5.74, 6) is 0. The first kappa shape index (κ1) is 11.7. The van der Waals surface area contributed by atoms with E-state index in [-0.39, 0.29) is 11.7 Å². The molecule has 0 aliphatic rings. The van der Waals surface area contributed by atoms with Crippen LogP contribution < -0.4 is 10.6 Å². The lowest BCUT2D eigenvalue weighted by atomic mass is 9.91. The fraction of sp³-hybridized carbons (Fsp3) is 0.875. The van der Waals surface area contributed by atoms with Crippen LogP contribution in [0.1, 0.15) is 19.3 Å². The summed E-state index contributed by atoms with van der Waals surface area (Å²) in [6.07, 6.45) is 2.94. The molecule has 0 amide bonds. The predicted molar refractivity (Wildman–Crippen MR) is 51.4 cm³/mol. The number of likely N-dealkylation sites (N-methyl/N-ethyl adjacent to an activating group) is 1. The van der Waals surface area contributed by atoms with E-state index in [1.807, 2.05) is 7.05 Å². The molecule has 0 aromatic rings. The highest BCUT2D eigenvalue weighted by Gasteiger charge is 2.08. The summed E-state index contributed by atoms with van der Waals surface area (Å²) in [6, 6.07) is -0.165. The molecule has 1 atom stereocenters. The Morgan fingerprint density at radius 1 is 1.42 bits per heavy atom. The van der Waals surface area contributed by atoms with E-state index >= 15 is 0 Å². The van der Waals surface area contributed by atoms with Crippen molar-refractivity contribution < 1.29 is 4.79 Å². The molecular formula is C8H17BN2O. The maximum Gasteiger partial charge on any atom is 0.170 e. The van der Waals surface area contributed by atoms with Gasteiger partial charge in [-0.3, -0.25) is 0 Å². The molecule has 4 heteroatoms. The monoisotopic (exact) mass is 168 g/mol. The van der Waals surface area contributed by atoms with Gasteiger partial charge < -0.3 is 15.4 Å². The van der Waals surface area contributed by atoms with Crippen molar-refractivity contribution in [3.63, 3.8) is 0 Å². The highest BCUT2D eigenvalue weighted by atomic mass is 16.1. The fourth-order valence-corrected chi connectivity index (χ4v) is 1.08. The Labute approximate surface area is 75.7 Å². The molecule has 68 valence electrons. The highest BCUT2D eigenvalue weighted by molar-refractivity contribution is 6.59. The van der Waals surface area contributed by atoms with Gasteiger partial charge >= 0.3 is 0 Å². The molecule has 2 N–H and O–H groups in total. The molecule has 0 spiro atoms. The van der Waals surface area contributed by atoms with Crippen LogP contribution in [0.5, 0.6) is 0 Å². The summed E-state index contributed by atoms with van der Waals surface area (Å²) in [4.78, 5) is 10.7. The summed E-state index contributed by atoms with van der Waals surface area (Å²) in [7, 11) is 8.82. The average molecular weight is 168 g/mol. The third-order valence-electron chi connectivity index (χ3n) is 1.86. The molecule has 0 saturated heterocycles. The molecule has 0 aliphatic carbocycles. The third kappa shape index (κ3) is 5.32. The van der Waals surface area contributed by atoms with Gasteiger partial charge in [0.2, 0.25) is 0 Å². The van der Waals surface area contributed by atoms with Crippen LogP contribution >= 0.6 is 0 Å². The summed E-state index contributed by atoms with van der Waals surface area (Å²) in [5, 5.41) is 5.94. The number of hydrogen-bond acceptors (Lipinski definition) is 3. The SMILES string of the molecule is [B]C(=O)[C@H](CCCCNC)NC. The van der Waals surface area contributed by atoms with E-state index in [0.717, 1.165) is 25.8 Å². The quantitative estimate of drug-likeness (QED) is 0.403. The summed E-state index contributed by atoms with van der Waals surface area (Å²) >= 11 is 0. The van der Waals surface area contributed by atoms with E-state index in [9.17, 15) is 4.79 Å². The largest absolute Gasteiger partial charge is 0.320 e. The van der Waals surface area contributed by atoms with Crippen LogP contribution in [0, 0.1) is 0 Å². The molecule has 0 rings (SSSR count). The summed E-state index contributed by atoms with van der Waals surface area (Å²) < 4.78 is 0. The molecule has 0 aromatic carbocycles. The lowest BCUT2D eigenvalue weighted by Crippen LogP contribution is -2.34. The molecule has 0 aliphatic heterocycles. The number of nitrogens with one attached hydrogen (secondary N) is 2. The van der Waals surface area contributed by atoms with Gasteiger partial charge in [-0.2, -0.15) is 0 Å². The smallest absolute Gasteiger partial charge is 0.170 e. The first-order valence-corrected chi connectivity index (χ1v) is 4.33. The van der Waals surface area contributed by atoms with Crippen LogP contribution in [0.4, 0.5) is 0 Å². The number of rotatable bonds is 7. The second-order valence-electron chi connectivity index (χ2n) is 2.84. The Hall–Kier alpha value is -0.345. The average Bonchev–Trinajstić information content (AvgIpc) is 2.04. The van der Waals surface area contributed by atoms with Crippen LogP contribution in [-0.4, -0.2) is 40.2 Å². The Balaban J connectivity index is 3.38. The van der Waals surface area contributed by atoms with Crippen LogP contribution in [0.25, 0.3) is 0 Å². The predicted octanol–water partition coefficient (Wildman–Crippen LogP) is -0.341. The fourth-order valence-electron chi connectivity index (χ4n) is 1.08. The van der Waals surface area contributed by atoms with Gasteiger partial charge in [0.1, 0.15) is 0 Å². The maximum absolute atomic E-state index is 10.7. The Morgan fingerprint density at radius 3 is 2.50 bits per heavy atom. The van der Waals surface area contributed by atoms with E-state index in [1.165, 1.54) is 0 Å². The van der Waals surface area contributed by atoms with Gasteiger partial charge in [0.15, 0.2) is 7.85 Å². The van der Waals surface area contributed by atoms with E-state index in [1.54, 1.807) is 7.05 Å². The van der Waals surface area contributed by atoms with Crippen molar-refractivity contribution >= 4 is 13.5 Å². The van der Waals surface area contributed by atoms with Crippen molar-refractivity contribution in [3.05, 3.63) is 0 Å². The summed E-state index contributed by atoms with van der Waals surface area (Å²) in [5.41, 5.74) is -0.262. The third-order valence-corrected chi connectivity index (χ3v) is 1.86. The van der Waals surface area contributed by atoms with Gasteiger partial charge in [-0.15, -0.1) is 0 Å². The topological polar surface area (TPSA) is 41.1 Å². The number of carbonyl (C=O) groups excluding carboxylic acids is 1. The molecule has 0 saturated carbocycles. The van der Waals surface area contributed by atoms with Gasteiger partial charge in [-0.25, -0.2) is 0 Å². The van der Waals surface area contributed by atoms with Crippen molar-refractivity contribution in [3.8, 4) is 0 Å². The van der Waals surface area contributed by atoms with Crippen LogP contribution in [0.3, 0.4) is 0 Å². The molecule has 0 unspecified atom stereocenters.